The maximum absolute atomic E-state index is 13.4. The van der Waals surface area contributed by atoms with Gasteiger partial charge >= 0.3 is 12.1 Å². The predicted molar refractivity (Wildman–Crippen MR) is 218 cm³/mol. The summed E-state index contributed by atoms with van der Waals surface area (Å²) in [6.45, 7) is 12.5. The van der Waals surface area contributed by atoms with E-state index in [0.29, 0.717) is 45.6 Å². The third-order valence-corrected chi connectivity index (χ3v) is 12.7. The van der Waals surface area contributed by atoms with Crippen molar-refractivity contribution < 1.29 is 43.0 Å². The minimum atomic E-state index is -0.764. The van der Waals surface area contributed by atoms with Crippen molar-refractivity contribution in [1.82, 2.24) is 31.9 Å². The summed E-state index contributed by atoms with van der Waals surface area (Å²) in [5.41, 5.74) is -0.597. The molecule has 0 aliphatic heterocycles. The van der Waals surface area contributed by atoms with E-state index >= 15 is 0 Å². The van der Waals surface area contributed by atoms with Crippen LogP contribution < -0.4 is 31.9 Å². The molecule has 0 bridgehead atoms. The Kier molecular flexibility index (Phi) is 18.1. The van der Waals surface area contributed by atoms with Crippen molar-refractivity contribution in [1.29, 1.82) is 0 Å². The average Bonchev–Trinajstić information content (AvgIpc) is 4.00. The van der Waals surface area contributed by atoms with Gasteiger partial charge < -0.3 is 41.4 Å². The van der Waals surface area contributed by atoms with Gasteiger partial charge in [0.1, 0.15) is 17.7 Å². The largest absolute Gasteiger partial charge is 0.464 e. The van der Waals surface area contributed by atoms with Gasteiger partial charge in [0.15, 0.2) is 0 Å². The molecule has 4 aliphatic carbocycles. The van der Waals surface area contributed by atoms with Gasteiger partial charge in [0, 0.05) is 49.9 Å². The molecule has 0 spiro atoms. The fourth-order valence-corrected chi connectivity index (χ4v) is 9.35. The molecular weight excluding hydrogens is 745 g/mol. The van der Waals surface area contributed by atoms with Crippen LogP contribution in [0, 0.1) is 47.3 Å². The van der Waals surface area contributed by atoms with E-state index in [-0.39, 0.29) is 76.9 Å². The molecular formula is C43H72N6O9. The second-order valence-electron chi connectivity index (χ2n) is 18.3. The Bertz CT molecular complexity index is 1430. The van der Waals surface area contributed by atoms with Crippen LogP contribution in [-0.4, -0.2) is 92.1 Å². The molecule has 0 unspecified atom stereocenters. The first-order valence-electron chi connectivity index (χ1n) is 22.1. The summed E-state index contributed by atoms with van der Waals surface area (Å²) in [6, 6.07) is -1.50. The Labute approximate surface area is 345 Å². The van der Waals surface area contributed by atoms with Gasteiger partial charge in [0.2, 0.25) is 29.5 Å². The van der Waals surface area contributed by atoms with E-state index in [1.807, 2.05) is 6.92 Å². The first-order chi connectivity index (χ1) is 27.6. The normalized spacial score (nSPS) is 27.8. The molecule has 58 heavy (non-hydrogen) atoms. The van der Waals surface area contributed by atoms with Gasteiger partial charge in [-0.15, -0.1) is 0 Å². The lowest BCUT2D eigenvalue weighted by molar-refractivity contribution is -0.148. The third kappa shape index (κ3) is 14.1. The van der Waals surface area contributed by atoms with E-state index in [1.54, 1.807) is 34.6 Å². The second-order valence-corrected chi connectivity index (χ2v) is 18.3. The minimum Gasteiger partial charge on any atom is -0.464 e. The van der Waals surface area contributed by atoms with Crippen LogP contribution in [0.15, 0.2) is 0 Å². The smallest absolute Gasteiger partial charge is 0.407 e. The van der Waals surface area contributed by atoms with Crippen LogP contribution in [0.5, 0.6) is 0 Å². The highest BCUT2D eigenvalue weighted by molar-refractivity contribution is 5.89. The summed E-state index contributed by atoms with van der Waals surface area (Å²) >= 11 is 0. The lowest BCUT2D eigenvalue weighted by Crippen LogP contribution is -2.49. The SMILES string of the molecule is CCCCOC(=O)[C@@H](C)NC(=O)[C@@H]1CCC[C@H]1CNC(=O)[C@@H]1CCC[C@H]1CNC(=O)[C@@H](C)NC(=O)[C@@H]1CCC[C@H]1CNC(=O)[C@@H]1CCC[C@H]1CNC(=O)OC(C)(C)C. The zero-order valence-electron chi connectivity index (χ0n) is 35.9. The summed E-state index contributed by atoms with van der Waals surface area (Å²) in [5, 5.41) is 17.7. The summed E-state index contributed by atoms with van der Waals surface area (Å²) in [5.74, 6) is -2.39. The summed E-state index contributed by atoms with van der Waals surface area (Å²) in [4.78, 5) is 90.6. The maximum Gasteiger partial charge on any atom is 0.407 e. The number of unbranched alkanes of at least 4 members (excludes halogenated alkanes) is 1. The number of hydrogen-bond acceptors (Lipinski definition) is 9. The van der Waals surface area contributed by atoms with Crippen molar-refractivity contribution in [2.24, 2.45) is 47.3 Å². The highest BCUT2D eigenvalue weighted by Crippen LogP contribution is 2.35. The number of rotatable bonds is 19. The number of carbonyl (C=O) groups is 7. The molecule has 0 saturated heterocycles. The van der Waals surface area contributed by atoms with Crippen LogP contribution in [0.2, 0.25) is 0 Å². The van der Waals surface area contributed by atoms with Crippen LogP contribution in [0.3, 0.4) is 0 Å². The Balaban J connectivity index is 1.16. The topological polar surface area (TPSA) is 210 Å². The van der Waals surface area contributed by atoms with Gasteiger partial charge in [-0.05, 0) is 116 Å². The molecule has 0 aromatic heterocycles. The van der Waals surface area contributed by atoms with E-state index in [0.717, 1.165) is 77.0 Å². The molecule has 0 heterocycles. The highest BCUT2D eigenvalue weighted by Gasteiger charge is 2.39. The Hall–Kier alpha value is -3.91. The van der Waals surface area contributed by atoms with E-state index < -0.39 is 29.7 Å². The molecule has 6 N–H and O–H groups in total. The fraction of sp³-hybridized carbons (Fsp3) is 0.837. The Morgan fingerprint density at radius 2 is 0.948 bits per heavy atom. The number of alkyl carbamates (subject to hydrolysis) is 1. The van der Waals surface area contributed by atoms with Crippen molar-refractivity contribution in [3.8, 4) is 0 Å². The van der Waals surface area contributed by atoms with Crippen LogP contribution in [0.25, 0.3) is 0 Å². The predicted octanol–water partition coefficient (Wildman–Crippen LogP) is 3.88. The van der Waals surface area contributed by atoms with Crippen molar-refractivity contribution in [3.63, 3.8) is 0 Å². The van der Waals surface area contributed by atoms with E-state index in [2.05, 4.69) is 31.9 Å². The summed E-state index contributed by atoms with van der Waals surface area (Å²) in [6.07, 6.45) is 10.8. The molecule has 6 amide bonds. The Morgan fingerprint density at radius 3 is 1.38 bits per heavy atom. The second kappa shape index (κ2) is 22.5. The number of carbonyl (C=O) groups excluding carboxylic acids is 7. The standard InChI is InChI=1S/C43H72N6O9/c1-7-8-21-57-41(55)27(3)49-40(54)35-20-12-15-30(35)24-45-37(51)32-17-9-13-28(32)22-44-36(50)26(2)48-39(53)34-19-11-14-29(34)23-46-38(52)33-18-10-16-31(33)25-47-42(56)58-43(4,5)6/h26-35H,7-25H2,1-6H3,(H,44,50)(H,45,51)(H,46,52)(H,47,56)(H,48,53)(H,49,54)/t26-,27-,28+,29+,30+,31+,32-,33-,34-,35-/m1/s1. The van der Waals surface area contributed by atoms with Crippen molar-refractivity contribution in [2.75, 3.05) is 32.8 Å². The first-order valence-corrected chi connectivity index (χ1v) is 22.1. The van der Waals surface area contributed by atoms with Gasteiger partial charge in [-0.3, -0.25) is 24.0 Å². The van der Waals surface area contributed by atoms with E-state index in [1.165, 1.54) is 0 Å². The van der Waals surface area contributed by atoms with Gasteiger partial charge in [0.05, 0.1) is 6.61 Å². The first kappa shape index (κ1) is 46.8. The van der Waals surface area contributed by atoms with E-state index in [9.17, 15) is 33.6 Å². The van der Waals surface area contributed by atoms with Crippen LogP contribution in [0.1, 0.15) is 131 Å². The minimum absolute atomic E-state index is 0.0218. The Morgan fingerprint density at radius 1 is 0.552 bits per heavy atom. The number of amides is 6. The average molecular weight is 817 g/mol. The van der Waals surface area contributed by atoms with Gasteiger partial charge in [-0.25, -0.2) is 9.59 Å². The molecule has 328 valence electrons. The van der Waals surface area contributed by atoms with Crippen LogP contribution in [-0.2, 0) is 38.2 Å². The maximum atomic E-state index is 13.4. The molecule has 4 fully saturated rings. The molecule has 15 heteroatoms. The number of nitrogens with one attached hydrogen (secondary N) is 6. The molecule has 4 rings (SSSR count). The molecule has 4 saturated carbocycles. The molecule has 0 radical (unpaired) electrons. The van der Waals surface area contributed by atoms with Crippen LogP contribution in [0.4, 0.5) is 4.79 Å². The van der Waals surface area contributed by atoms with Gasteiger partial charge in [-0.2, -0.15) is 0 Å². The van der Waals surface area contributed by atoms with Crippen molar-refractivity contribution >= 4 is 41.6 Å². The number of hydrogen-bond donors (Lipinski definition) is 6. The lowest BCUT2D eigenvalue weighted by atomic mass is 9.92. The van der Waals surface area contributed by atoms with Gasteiger partial charge in [-0.1, -0.05) is 39.0 Å². The summed E-state index contributed by atoms with van der Waals surface area (Å²) in [7, 11) is 0. The van der Waals surface area contributed by atoms with Crippen LogP contribution >= 0.6 is 0 Å². The summed E-state index contributed by atoms with van der Waals surface area (Å²) < 4.78 is 10.6. The van der Waals surface area contributed by atoms with Crippen molar-refractivity contribution in [3.05, 3.63) is 0 Å². The van der Waals surface area contributed by atoms with Crippen molar-refractivity contribution in [2.45, 2.75) is 149 Å². The fourth-order valence-electron chi connectivity index (χ4n) is 9.35. The lowest BCUT2D eigenvalue weighted by Gasteiger charge is -2.25. The third-order valence-electron chi connectivity index (χ3n) is 12.7. The quantitative estimate of drug-likeness (QED) is 0.0825. The molecule has 0 aromatic carbocycles. The highest BCUT2D eigenvalue weighted by atomic mass is 16.6. The van der Waals surface area contributed by atoms with Gasteiger partial charge in [0.25, 0.3) is 0 Å². The number of esters is 1. The molecule has 4 aliphatic rings. The molecule has 0 aromatic rings. The molecule has 15 nitrogen and oxygen atoms in total. The monoisotopic (exact) mass is 817 g/mol. The van der Waals surface area contributed by atoms with E-state index in [4.69, 9.17) is 9.47 Å². The molecule has 10 atom stereocenters. The number of ether oxygens (including phenoxy) is 2. The zero-order valence-corrected chi connectivity index (χ0v) is 35.9. The zero-order chi connectivity index (χ0) is 42.4.